The Morgan fingerprint density at radius 2 is 2.25 bits per heavy atom. The summed E-state index contributed by atoms with van der Waals surface area (Å²) >= 11 is 1.21. The molecule has 0 aromatic carbocycles. The van der Waals surface area contributed by atoms with Gasteiger partial charge in [-0.2, -0.15) is 0 Å². The summed E-state index contributed by atoms with van der Waals surface area (Å²) in [6.07, 6.45) is 3.18. The molecule has 0 radical (unpaired) electrons. The zero-order valence-electron chi connectivity index (χ0n) is 7.86. The highest BCUT2D eigenvalue weighted by molar-refractivity contribution is 7.15. The SMILES string of the molecule is Nc1nnc(/C=C/c2ccc([N+](=O)[O-])o2)s1. The number of nitrogens with zero attached hydrogens (tertiary/aromatic N) is 3. The average Bonchev–Trinajstić information content (AvgIpc) is 2.83. The maximum Gasteiger partial charge on any atom is 0.433 e. The lowest BCUT2D eigenvalue weighted by Gasteiger charge is -1.83. The molecule has 0 fully saturated rings. The lowest BCUT2D eigenvalue weighted by Crippen LogP contribution is -1.82. The van der Waals surface area contributed by atoms with Crippen LogP contribution in [0.1, 0.15) is 10.8 Å². The number of anilines is 1. The Morgan fingerprint density at radius 3 is 2.81 bits per heavy atom. The topological polar surface area (TPSA) is 108 Å². The molecule has 2 aromatic heterocycles. The normalized spacial score (nSPS) is 11.0. The van der Waals surface area contributed by atoms with Crippen LogP contribution < -0.4 is 5.73 Å². The van der Waals surface area contributed by atoms with Gasteiger partial charge in [0.1, 0.15) is 15.7 Å². The molecule has 0 bridgehead atoms. The third-order valence-corrected chi connectivity index (χ3v) is 2.36. The molecule has 2 rings (SSSR count). The van der Waals surface area contributed by atoms with Crippen molar-refractivity contribution in [3.05, 3.63) is 33.0 Å². The van der Waals surface area contributed by atoms with Gasteiger partial charge in [-0.25, -0.2) is 0 Å². The largest absolute Gasteiger partial charge is 0.433 e. The maximum absolute atomic E-state index is 10.3. The molecule has 0 saturated heterocycles. The van der Waals surface area contributed by atoms with Crippen LogP contribution in [0.4, 0.5) is 11.0 Å². The molecule has 82 valence electrons. The molecule has 16 heavy (non-hydrogen) atoms. The van der Waals surface area contributed by atoms with Crippen LogP contribution in [0.2, 0.25) is 0 Å². The molecule has 0 unspecified atom stereocenters. The second-order valence-corrected chi connectivity index (χ2v) is 3.79. The van der Waals surface area contributed by atoms with Gasteiger partial charge in [-0.1, -0.05) is 11.3 Å². The first-order valence-corrected chi connectivity index (χ1v) is 4.98. The fraction of sp³-hybridized carbons (Fsp3) is 0. The number of nitrogens with two attached hydrogens (primary N) is 1. The van der Waals surface area contributed by atoms with E-state index in [9.17, 15) is 10.1 Å². The molecule has 0 spiro atoms. The molecular formula is C8H6N4O3S. The molecule has 0 aliphatic rings. The molecule has 2 aromatic rings. The first kappa shape index (κ1) is 10.3. The Kier molecular flexibility index (Phi) is 2.64. The highest BCUT2D eigenvalue weighted by atomic mass is 32.1. The van der Waals surface area contributed by atoms with Gasteiger partial charge in [0.2, 0.25) is 5.13 Å². The molecule has 8 heteroatoms. The number of hydrogen-bond donors (Lipinski definition) is 1. The first-order valence-electron chi connectivity index (χ1n) is 4.16. The predicted octanol–water partition coefficient (Wildman–Crippen LogP) is 1.79. The molecule has 2 N–H and O–H groups in total. The minimum Gasteiger partial charge on any atom is -0.401 e. The summed E-state index contributed by atoms with van der Waals surface area (Å²) in [5.41, 5.74) is 5.39. The molecule has 0 saturated carbocycles. The van der Waals surface area contributed by atoms with E-state index in [1.54, 1.807) is 12.2 Å². The van der Waals surface area contributed by atoms with Crippen LogP contribution in [-0.2, 0) is 0 Å². The van der Waals surface area contributed by atoms with E-state index < -0.39 is 4.92 Å². The second kappa shape index (κ2) is 4.11. The Morgan fingerprint density at radius 1 is 1.44 bits per heavy atom. The number of hydrogen-bond acceptors (Lipinski definition) is 7. The predicted molar refractivity (Wildman–Crippen MR) is 58.6 cm³/mol. The van der Waals surface area contributed by atoms with Gasteiger partial charge >= 0.3 is 5.88 Å². The van der Waals surface area contributed by atoms with Crippen molar-refractivity contribution in [3.8, 4) is 0 Å². The smallest absolute Gasteiger partial charge is 0.401 e. The van der Waals surface area contributed by atoms with Crippen molar-refractivity contribution < 1.29 is 9.34 Å². The summed E-state index contributed by atoms with van der Waals surface area (Å²) in [7, 11) is 0. The summed E-state index contributed by atoms with van der Waals surface area (Å²) in [6, 6.07) is 2.78. The fourth-order valence-corrected chi connectivity index (χ4v) is 1.51. The van der Waals surface area contributed by atoms with Crippen molar-refractivity contribution in [1.82, 2.24) is 10.2 Å². The highest BCUT2D eigenvalue weighted by Gasteiger charge is 2.09. The van der Waals surface area contributed by atoms with E-state index in [1.165, 1.54) is 23.5 Å². The van der Waals surface area contributed by atoms with Crippen LogP contribution in [0.25, 0.3) is 12.2 Å². The molecule has 0 aliphatic carbocycles. The van der Waals surface area contributed by atoms with Crippen LogP contribution in [0.15, 0.2) is 16.5 Å². The summed E-state index contributed by atoms with van der Waals surface area (Å²) in [6.45, 7) is 0. The fourth-order valence-electron chi connectivity index (χ4n) is 0.997. The van der Waals surface area contributed by atoms with Crippen LogP contribution >= 0.6 is 11.3 Å². The Labute approximate surface area is 93.4 Å². The molecule has 2 heterocycles. The minimum atomic E-state index is -0.597. The van der Waals surface area contributed by atoms with Gasteiger partial charge in [0.05, 0.1) is 6.07 Å². The van der Waals surface area contributed by atoms with Crippen LogP contribution in [0, 0.1) is 10.1 Å². The number of nitro groups is 1. The van der Waals surface area contributed by atoms with Crippen molar-refractivity contribution in [2.45, 2.75) is 0 Å². The molecule has 7 nitrogen and oxygen atoms in total. The number of rotatable bonds is 3. The zero-order valence-corrected chi connectivity index (χ0v) is 8.68. The standard InChI is InChI=1S/C8H6N4O3S/c9-8-11-10-6(16-8)3-1-5-2-4-7(15-5)12(13)14/h1-4H,(H2,9,11)/b3-1+. The third-order valence-electron chi connectivity index (χ3n) is 1.64. The van der Waals surface area contributed by atoms with Crippen molar-refractivity contribution in [2.75, 3.05) is 5.73 Å². The second-order valence-electron chi connectivity index (χ2n) is 2.74. The van der Waals surface area contributed by atoms with E-state index >= 15 is 0 Å². The number of nitrogen functional groups attached to an aromatic ring is 1. The Balaban J connectivity index is 2.14. The summed E-state index contributed by atoms with van der Waals surface area (Å²) in [5, 5.41) is 18.7. The quantitative estimate of drug-likeness (QED) is 0.645. The monoisotopic (exact) mass is 238 g/mol. The molecule has 0 amide bonds. The molecular weight excluding hydrogens is 232 g/mol. The Bertz CT molecular complexity index is 545. The van der Waals surface area contributed by atoms with Crippen molar-refractivity contribution in [1.29, 1.82) is 0 Å². The van der Waals surface area contributed by atoms with Crippen molar-refractivity contribution in [3.63, 3.8) is 0 Å². The average molecular weight is 238 g/mol. The molecule has 0 atom stereocenters. The van der Waals surface area contributed by atoms with Gasteiger partial charge in [-0.05, 0) is 18.2 Å². The van der Waals surface area contributed by atoms with Crippen LogP contribution in [0.3, 0.4) is 0 Å². The van der Waals surface area contributed by atoms with E-state index in [0.29, 0.717) is 15.9 Å². The van der Waals surface area contributed by atoms with Gasteiger partial charge in [0, 0.05) is 0 Å². The van der Waals surface area contributed by atoms with Gasteiger partial charge in [-0.15, -0.1) is 10.2 Å². The zero-order chi connectivity index (χ0) is 11.5. The van der Waals surface area contributed by atoms with Gasteiger partial charge < -0.3 is 10.2 Å². The third kappa shape index (κ3) is 2.23. The summed E-state index contributed by atoms with van der Waals surface area (Å²) in [4.78, 5) is 9.75. The molecule has 0 aliphatic heterocycles. The van der Waals surface area contributed by atoms with E-state index in [1.807, 2.05) is 0 Å². The first-order chi connectivity index (χ1) is 7.65. The van der Waals surface area contributed by atoms with E-state index in [4.69, 9.17) is 10.2 Å². The van der Waals surface area contributed by atoms with Gasteiger partial charge in [-0.3, -0.25) is 10.1 Å². The van der Waals surface area contributed by atoms with Crippen LogP contribution in [0.5, 0.6) is 0 Å². The van der Waals surface area contributed by atoms with Crippen molar-refractivity contribution in [2.24, 2.45) is 0 Å². The summed E-state index contributed by atoms with van der Waals surface area (Å²) in [5.74, 6) is 0.0805. The summed E-state index contributed by atoms with van der Waals surface area (Å²) < 4.78 is 4.91. The maximum atomic E-state index is 10.3. The van der Waals surface area contributed by atoms with E-state index in [0.717, 1.165) is 0 Å². The van der Waals surface area contributed by atoms with Crippen molar-refractivity contribution >= 4 is 34.5 Å². The van der Waals surface area contributed by atoms with Gasteiger partial charge in [0.25, 0.3) is 0 Å². The number of furan rings is 1. The lowest BCUT2D eigenvalue weighted by atomic mass is 10.4. The Hall–Kier alpha value is -2.22. The minimum absolute atomic E-state index is 0.295. The van der Waals surface area contributed by atoms with E-state index in [-0.39, 0.29) is 5.88 Å². The highest BCUT2D eigenvalue weighted by Crippen LogP contribution is 2.19. The van der Waals surface area contributed by atoms with E-state index in [2.05, 4.69) is 10.2 Å². The van der Waals surface area contributed by atoms with Crippen LogP contribution in [-0.4, -0.2) is 15.1 Å². The van der Waals surface area contributed by atoms with Gasteiger partial charge in [0.15, 0.2) is 0 Å². The number of aromatic nitrogens is 2. The lowest BCUT2D eigenvalue weighted by molar-refractivity contribution is -0.402.